The second kappa shape index (κ2) is 6.99. The highest BCUT2D eigenvalue weighted by molar-refractivity contribution is 7.89. The van der Waals surface area contributed by atoms with Crippen LogP contribution in [0.25, 0.3) is 0 Å². The van der Waals surface area contributed by atoms with E-state index in [1.165, 1.54) is 24.3 Å². The monoisotopic (exact) mass is 393 g/mol. The SMILES string of the molecule is O=C1c2ccccc2C(=O)N1c1ccc(S(=O)(=O)NCc2ccccn2)cc1. The number of anilines is 1. The third-order valence-corrected chi connectivity index (χ3v) is 5.79. The van der Waals surface area contributed by atoms with E-state index in [1.807, 2.05) is 0 Å². The Kier molecular flexibility index (Phi) is 4.50. The predicted octanol–water partition coefficient (Wildman–Crippen LogP) is 2.36. The van der Waals surface area contributed by atoms with Crippen LogP contribution < -0.4 is 9.62 Å². The third kappa shape index (κ3) is 3.19. The molecule has 3 aromatic rings. The third-order valence-electron chi connectivity index (χ3n) is 4.37. The molecule has 7 nitrogen and oxygen atoms in total. The molecule has 1 N–H and O–H groups in total. The summed E-state index contributed by atoms with van der Waals surface area (Å²) in [5.74, 6) is -0.853. The van der Waals surface area contributed by atoms with Crippen LogP contribution in [0, 0.1) is 0 Å². The van der Waals surface area contributed by atoms with Crippen LogP contribution in [0.5, 0.6) is 0 Å². The predicted molar refractivity (Wildman–Crippen MR) is 102 cm³/mol. The number of pyridine rings is 1. The number of carbonyl (C=O) groups is 2. The van der Waals surface area contributed by atoms with Crippen LogP contribution in [0.4, 0.5) is 5.69 Å². The number of hydrogen-bond acceptors (Lipinski definition) is 5. The van der Waals surface area contributed by atoms with Gasteiger partial charge >= 0.3 is 0 Å². The number of nitrogens with one attached hydrogen (secondary N) is 1. The summed E-state index contributed by atoms with van der Waals surface area (Å²) in [6.07, 6.45) is 1.58. The minimum atomic E-state index is -3.76. The van der Waals surface area contributed by atoms with Crippen molar-refractivity contribution in [1.29, 1.82) is 0 Å². The van der Waals surface area contributed by atoms with Crippen molar-refractivity contribution in [2.75, 3.05) is 4.90 Å². The lowest BCUT2D eigenvalue weighted by Crippen LogP contribution is -2.29. The molecule has 0 atom stereocenters. The Morgan fingerprint density at radius 2 is 1.43 bits per heavy atom. The van der Waals surface area contributed by atoms with Gasteiger partial charge in [0.15, 0.2) is 0 Å². The summed E-state index contributed by atoms with van der Waals surface area (Å²) >= 11 is 0. The molecule has 8 heteroatoms. The Morgan fingerprint density at radius 1 is 0.821 bits per heavy atom. The minimum Gasteiger partial charge on any atom is -0.268 e. The number of benzene rings is 2. The fourth-order valence-electron chi connectivity index (χ4n) is 2.95. The first-order valence-electron chi connectivity index (χ1n) is 8.45. The molecule has 2 heterocycles. The summed E-state index contributed by atoms with van der Waals surface area (Å²) in [5.41, 5.74) is 1.58. The molecule has 0 radical (unpaired) electrons. The zero-order chi connectivity index (χ0) is 19.7. The highest BCUT2D eigenvalue weighted by Crippen LogP contribution is 2.28. The van der Waals surface area contributed by atoms with E-state index in [-0.39, 0.29) is 11.4 Å². The maximum Gasteiger partial charge on any atom is 0.266 e. The average Bonchev–Trinajstić information content (AvgIpc) is 2.98. The highest BCUT2D eigenvalue weighted by atomic mass is 32.2. The van der Waals surface area contributed by atoms with Gasteiger partial charge in [-0.25, -0.2) is 18.0 Å². The van der Waals surface area contributed by atoms with Crippen LogP contribution in [-0.4, -0.2) is 25.2 Å². The minimum absolute atomic E-state index is 0.0313. The normalized spacial score (nSPS) is 13.6. The smallest absolute Gasteiger partial charge is 0.266 e. The zero-order valence-corrected chi connectivity index (χ0v) is 15.4. The molecule has 0 fully saturated rings. The first-order chi connectivity index (χ1) is 13.5. The van der Waals surface area contributed by atoms with E-state index >= 15 is 0 Å². The molecule has 0 aliphatic carbocycles. The Hall–Kier alpha value is -3.36. The molecule has 1 aromatic heterocycles. The van der Waals surface area contributed by atoms with E-state index in [4.69, 9.17) is 0 Å². The van der Waals surface area contributed by atoms with Crippen molar-refractivity contribution in [3.8, 4) is 0 Å². The number of hydrogen-bond donors (Lipinski definition) is 1. The van der Waals surface area contributed by atoms with Crippen molar-refractivity contribution in [2.45, 2.75) is 11.4 Å². The molecular weight excluding hydrogens is 378 g/mol. The van der Waals surface area contributed by atoms with Crippen LogP contribution in [0.1, 0.15) is 26.4 Å². The molecule has 0 saturated heterocycles. The quantitative estimate of drug-likeness (QED) is 0.672. The number of fused-ring (bicyclic) bond motifs is 1. The summed E-state index contributed by atoms with van der Waals surface area (Å²) in [6.45, 7) is 0.0589. The largest absolute Gasteiger partial charge is 0.268 e. The highest BCUT2D eigenvalue weighted by Gasteiger charge is 2.36. The maximum absolute atomic E-state index is 12.5. The molecule has 0 spiro atoms. The topological polar surface area (TPSA) is 96.4 Å². The summed E-state index contributed by atoms with van der Waals surface area (Å²) in [4.78, 5) is 30.2. The molecule has 4 rings (SSSR count). The van der Waals surface area contributed by atoms with Crippen LogP contribution in [0.3, 0.4) is 0 Å². The molecule has 0 unspecified atom stereocenters. The Labute approximate surface area is 161 Å². The number of rotatable bonds is 5. The lowest BCUT2D eigenvalue weighted by atomic mass is 10.1. The average molecular weight is 393 g/mol. The van der Waals surface area contributed by atoms with Gasteiger partial charge in [-0.1, -0.05) is 18.2 Å². The summed E-state index contributed by atoms with van der Waals surface area (Å²) < 4.78 is 27.4. The second-order valence-electron chi connectivity index (χ2n) is 6.13. The number of imide groups is 1. The van der Waals surface area contributed by atoms with Gasteiger partial charge in [0.2, 0.25) is 10.0 Å². The molecule has 1 aliphatic rings. The molecule has 1 aliphatic heterocycles. The molecule has 140 valence electrons. The van der Waals surface area contributed by atoms with Gasteiger partial charge in [-0.15, -0.1) is 0 Å². The first kappa shape index (κ1) is 18.0. The van der Waals surface area contributed by atoms with Crippen molar-refractivity contribution >= 4 is 27.5 Å². The molecule has 28 heavy (non-hydrogen) atoms. The number of carbonyl (C=O) groups excluding carboxylic acids is 2. The molecular formula is C20H15N3O4S. The van der Waals surface area contributed by atoms with E-state index in [2.05, 4.69) is 9.71 Å². The molecule has 0 saturated carbocycles. The van der Waals surface area contributed by atoms with Crippen molar-refractivity contribution in [2.24, 2.45) is 0 Å². The van der Waals surface area contributed by atoms with Crippen LogP contribution in [0.2, 0.25) is 0 Å². The van der Waals surface area contributed by atoms with E-state index in [0.29, 0.717) is 22.5 Å². The lowest BCUT2D eigenvalue weighted by Gasteiger charge is -2.14. The summed E-state index contributed by atoms with van der Waals surface area (Å²) in [5, 5.41) is 0. The Balaban J connectivity index is 1.54. The fraction of sp³-hybridized carbons (Fsp3) is 0.0500. The van der Waals surface area contributed by atoms with Gasteiger partial charge in [-0.2, -0.15) is 0 Å². The first-order valence-corrected chi connectivity index (χ1v) is 9.93. The maximum atomic E-state index is 12.5. The second-order valence-corrected chi connectivity index (χ2v) is 7.90. The van der Waals surface area contributed by atoms with Gasteiger partial charge in [-0.3, -0.25) is 14.6 Å². The van der Waals surface area contributed by atoms with Crippen molar-refractivity contribution < 1.29 is 18.0 Å². The lowest BCUT2D eigenvalue weighted by molar-refractivity contribution is 0.0926. The van der Waals surface area contributed by atoms with Crippen LogP contribution in [-0.2, 0) is 16.6 Å². The van der Waals surface area contributed by atoms with Gasteiger partial charge in [0.25, 0.3) is 11.8 Å². The van der Waals surface area contributed by atoms with Gasteiger partial charge in [-0.05, 0) is 48.5 Å². The van der Waals surface area contributed by atoms with Crippen molar-refractivity contribution in [3.05, 3.63) is 89.7 Å². The van der Waals surface area contributed by atoms with Crippen LogP contribution >= 0.6 is 0 Å². The van der Waals surface area contributed by atoms with E-state index in [1.54, 1.807) is 48.7 Å². The standard InChI is InChI=1S/C20H15N3O4S/c24-19-17-6-1-2-7-18(17)20(25)23(19)15-8-10-16(11-9-15)28(26,27)22-13-14-5-3-4-12-21-14/h1-12,22H,13H2. The van der Waals surface area contributed by atoms with E-state index in [0.717, 1.165) is 4.90 Å². The fourth-order valence-corrected chi connectivity index (χ4v) is 3.95. The summed E-state index contributed by atoms with van der Waals surface area (Å²) in [6, 6.07) is 17.4. The molecule has 2 aromatic carbocycles. The van der Waals surface area contributed by atoms with Gasteiger partial charge in [0, 0.05) is 6.20 Å². The molecule has 2 amide bonds. The Bertz CT molecular complexity index is 1120. The number of amides is 2. The van der Waals surface area contributed by atoms with Crippen molar-refractivity contribution in [3.63, 3.8) is 0 Å². The zero-order valence-electron chi connectivity index (χ0n) is 14.6. The van der Waals surface area contributed by atoms with Gasteiger partial charge in [0.05, 0.1) is 33.9 Å². The molecule has 0 bridgehead atoms. The summed E-state index contributed by atoms with van der Waals surface area (Å²) in [7, 11) is -3.76. The van der Waals surface area contributed by atoms with Crippen molar-refractivity contribution in [1.82, 2.24) is 9.71 Å². The number of aromatic nitrogens is 1. The van der Waals surface area contributed by atoms with Gasteiger partial charge in [0.1, 0.15) is 0 Å². The van der Waals surface area contributed by atoms with E-state index < -0.39 is 21.8 Å². The van der Waals surface area contributed by atoms with Gasteiger partial charge < -0.3 is 0 Å². The van der Waals surface area contributed by atoms with Crippen LogP contribution in [0.15, 0.2) is 77.8 Å². The number of sulfonamides is 1. The van der Waals surface area contributed by atoms with E-state index in [9.17, 15) is 18.0 Å². The number of nitrogens with zero attached hydrogens (tertiary/aromatic N) is 2. The Morgan fingerprint density at radius 3 is 2.00 bits per heavy atom.